The third-order valence-corrected chi connectivity index (χ3v) is 4.27. The Hall–Kier alpha value is -2.15. The minimum Gasteiger partial charge on any atom is -0.493 e. The molecule has 0 aliphatic carbocycles. The van der Waals surface area contributed by atoms with E-state index in [4.69, 9.17) is 4.74 Å². The Balaban J connectivity index is 2.16. The van der Waals surface area contributed by atoms with Crippen LogP contribution in [0.3, 0.4) is 0 Å². The topological polar surface area (TPSA) is 38.8 Å². The van der Waals surface area contributed by atoms with Crippen molar-refractivity contribution in [1.29, 1.82) is 0 Å². The van der Waals surface area contributed by atoms with E-state index in [1.165, 1.54) is 29.4 Å². The van der Waals surface area contributed by atoms with E-state index in [0.717, 1.165) is 5.56 Å². The first kappa shape index (κ1) is 17.2. The minimum atomic E-state index is -2.94. The number of carbonyl (C=O) groups excluding carboxylic acids is 1. The number of ether oxygens (including phenoxy) is 2. The average molecular weight is 341 g/mol. The van der Waals surface area contributed by atoms with Gasteiger partial charge < -0.3 is 14.4 Å². The molecule has 23 heavy (non-hydrogen) atoms. The van der Waals surface area contributed by atoms with Crippen molar-refractivity contribution in [1.82, 2.24) is 4.90 Å². The molecule has 0 aliphatic heterocycles. The maximum atomic E-state index is 12.4. The van der Waals surface area contributed by atoms with Crippen LogP contribution in [-0.4, -0.2) is 31.6 Å². The minimum absolute atomic E-state index is 0.0480. The van der Waals surface area contributed by atoms with E-state index >= 15 is 0 Å². The molecule has 0 saturated carbocycles. The zero-order valence-corrected chi connectivity index (χ0v) is 13.8. The van der Waals surface area contributed by atoms with Gasteiger partial charge in [0.1, 0.15) is 0 Å². The van der Waals surface area contributed by atoms with E-state index in [1.807, 2.05) is 18.4 Å². The van der Waals surface area contributed by atoms with Crippen LogP contribution in [0.1, 0.15) is 20.8 Å². The van der Waals surface area contributed by atoms with Crippen LogP contribution in [0, 0.1) is 6.92 Å². The molecule has 0 saturated heterocycles. The van der Waals surface area contributed by atoms with E-state index in [1.54, 1.807) is 19.2 Å². The summed E-state index contributed by atoms with van der Waals surface area (Å²) in [7, 11) is 3.04. The van der Waals surface area contributed by atoms with Crippen LogP contribution < -0.4 is 9.47 Å². The molecule has 0 atom stereocenters. The second-order valence-corrected chi connectivity index (χ2v) is 5.87. The molecule has 1 amide bonds. The second kappa shape index (κ2) is 7.41. The maximum Gasteiger partial charge on any atom is 0.387 e. The molecule has 4 nitrogen and oxygen atoms in total. The molecule has 2 rings (SSSR count). The van der Waals surface area contributed by atoms with Crippen molar-refractivity contribution in [3.8, 4) is 11.5 Å². The Bertz CT molecular complexity index is 688. The molecule has 0 aliphatic rings. The largest absolute Gasteiger partial charge is 0.493 e. The molecular formula is C16H17F2NO3S. The zero-order valence-electron chi connectivity index (χ0n) is 13.0. The van der Waals surface area contributed by atoms with Gasteiger partial charge in [-0.05, 0) is 41.6 Å². The first-order valence-electron chi connectivity index (χ1n) is 6.83. The summed E-state index contributed by atoms with van der Waals surface area (Å²) in [5.41, 5.74) is 1.59. The molecule has 0 bridgehead atoms. The Labute approximate surface area is 137 Å². The molecule has 1 aromatic carbocycles. The van der Waals surface area contributed by atoms with E-state index in [2.05, 4.69) is 4.74 Å². The number of methoxy groups -OCH3 is 1. The number of halogens is 2. The van der Waals surface area contributed by atoms with Crippen LogP contribution in [0.4, 0.5) is 8.78 Å². The van der Waals surface area contributed by atoms with Crippen molar-refractivity contribution < 1.29 is 23.0 Å². The molecule has 1 aromatic heterocycles. The van der Waals surface area contributed by atoms with Gasteiger partial charge in [0.05, 0.1) is 12.0 Å². The Kier molecular flexibility index (Phi) is 5.54. The SMILES string of the molecule is COc1ccc(CN(C)C(=O)c2sccc2C)cc1OC(F)F. The van der Waals surface area contributed by atoms with Crippen LogP contribution in [0.5, 0.6) is 11.5 Å². The summed E-state index contributed by atoms with van der Waals surface area (Å²) in [6.45, 7) is -0.786. The van der Waals surface area contributed by atoms with Crippen molar-refractivity contribution in [3.05, 3.63) is 45.6 Å². The number of amides is 1. The molecule has 1 heterocycles. The lowest BCUT2D eigenvalue weighted by molar-refractivity contribution is -0.0512. The molecule has 0 unspecified atom stereocenters. The number of thiophene rings is 1. The lowest BCUT2D eigenvalue weighted by Crippen LogP contribution is -2.26. The standard InChI is InChI=1S/C16H17F2NO3S/c1-10-6-7-23-14(10)15(20)19(2)9-11-4-5-12(21-3)13(8-11)22-16(17)18/h4-8,16H,9H2,1-3H3. The smallest absolute Gasteiger partial charge is 0.387 e. The van der Waals surface area contributed by atoms with E-state index in [-0.39, 0.29) is 24.0 Å². The number of alkyl halides is 2. The van der Waals surface area contributed by atoms with Crippen molar-refractivity contribution in [2.45, 2.75) is 20.1 Å². The number of nitrogens with zero attached hydrogens (tertiary/aromatic N) is 1. The number of rotatable bonds is 6. The molecular weight excluding hydrogens is 324 g/mol. The van der Waals surface area contributed by atoms with Crippen LogP contribution >= 0.6 is 11.3 Å². The van der Waals surface area contributed by atoms with Crippen molar-refractivity contribution in [2.24, 2.45) is 0 Å². The first-order valence-corrected chi connectivity index (χ1v) is 7.71. The quantitative estimate of drug-likeness (QED) is 0.799. The summed E-state index contributed by atoms with van der Waals surface area (Å²) >= 11 is 1.38. The highest BCUT2D eigenvalue weighted by molar-refractivity contribution is 7.12. The lowest BCUT2D eigenvalue weighted by Gasteiger charge is -2.18. The molecule has 0 spiro atoms. The number of hydrogen-bond donors (Lipinski definition) is 0. The molecule has 0 N–H and O–H groups in total. The fourth-order valence-corrected chi connectivity index (χ4v) is 3.04. The Morgan fingerprint density at radius 2 is 2.04 bits per heavy atom. The molecule has 7 heteroatoms. The van der Waals surface area contributed by atoms with Crippen molar-refractivity contribution in [3.63, 3.8) is 0 Å². The highest BCUT2D eigenvalue weighted by Gasteiger charge is 2.17. The summed E-state index contributed by atoms with van der Waals surface area (Å²) < 4.78 is 34.3. The van der Waals surface area contributed by atoms with Crippen LogP contribution in [0.2, 0.25) is 0 Å². The van der Waals surface area contributed by atoms with Gasteiger partial charge in [-0.3, -0.25) is 4.79 Å². The highest BCUT2D eigenvalue weighted by atomic mass is 32.1. The molecule has 0 radical (unpaired) electrons. The van der Waals surface area contributed by atoms with Crippen LogP contribution in [-0.2, 0) is 6.54 Å². The van der Waals surface area contributed by atoms with Gasteiger partial charge >= 0.3 is 6.61 Å². The number of carbonyl (C=O) groups is 1. The fourth-order valence-electron chi connectivity index (χ4n) is 2.12. The third kappa shape index (κ3) is 4.19. The Morgan fingerprint density at radius 3 is 2.61 bits per heavy atom. The van der Waals surface area contributed by atoms with Gasteiger partial charge in [-0.1, -0.05) is 6.07 Å². The normalized spacial score (nSPS) is 10.7. The highest BCUT2D eigenvalue weighted by Crippen LogP contribution is 2.30. The first-order chi connectivity index (χ1) is 10.9. The number of hydrogen-bond acceptors (Lipinski definition) is 4. The van der Waals surface area contributed by atoms with Gasteiger partial charge in [0.15, 0.2) is 11.5 Å². The lowest BCUT2D eigenvalue weighted by atomic mass is 10.2. The van der Waals surface area contributed by atoms with Gasteiger partial charge in [-0.2, -0.15) is 8.78 Å². The van der Waals surface area contributed by atoms with E-state index in [0.29, 0.717) is 10.4 Å². The predicted molar refractivity (Wildman–Crippen MR) is 84.5 cm³/mol. The van der Waals surface area contributed by atoms with Crippen LogP contribution in [0.25, 0.3) is 0 Å². The summed E-state index contributed by atoms with van der Waals surface area (Å²) in [6, 6.07) is 6.59. The third-order valence-electron chi connectivity index (χ3n) is 3.27. The summed E-state index contributed by atoms with van der Waals surface area (Å²) in [4.78, 5) is 14.6. The summed E-state index contributed by atoms with van der Waals surface area (Å²) in [5, 5.41) is 1.86. The van der Waals surface area contributed by atoms with Gasteiger partial charge in [0.25, 0.3) is 5.91 Å². The molecule has 2 aromatic rings. The van der Waals surface area contributed by atoms with Crippen molar-refractivity contribution in [2.75, 3.05) is 14.2 Å². The van der Waals surface area contributed by atoms with Gasteiger partial charge in [0, 0.05) is 13.6 Å². The Morgan fingerprint density at radius 1 is 1.30 bits per heavy atom. The number of aryl methyl sites for hydroxylation is 1. The fraction of sp³-hybridized carbons (Fsp3) is 0.312. The average Bonchev–Trinajstić information content (AvgIpc) is 2.92. The van der Waals surface area contributed by atoms with Crippen LogP contribution in [0.15, 0.2) is 29.6 Å². The second-order valence-electron chi connectivity index (χ2n) is 4.96. The summed E-state index contributed by atoms with van der Waals surface area (Å²) in [5.74, 6) is 0.0647. The molecule has 124 valence electrons. The molecule has 0 fully saturated rings. The van der Waals surface area contributed by atoms with Gasteiger partial charge in [0.2, 0.25) is 0 Å². The van der Waals surface area contributed by atoms with Gasteiger partial charge in [-0.25, -0.2) is 0 Å². The maximum absolute atomic E-state index is 12.4. The zero-order chi connectivity index (χ0) is 17.0. The monoisotopic (exact) mass is 341 g/mol. The van der Waals surface area contributed by atoms with Gasteiger partial charge in [-0.15, -0.1) is 11.3 Å². The van der Waals surface area contributed by atoms with Crippen molar-refractivity contribution >= 4 is 17.2 Å². The summed E-state index contributed by atoms with van der Waals surface area (Å²) in [6.07, 6.45) is 0. The van der Waals surface area contributed by atoms with E-state index < -0.39 is 6.61 Å². The predicted octanol–water partition coefficient (Wildman–Crippen LogP) is 3.94. The number of benzene rings is 1. The van der Waals surface area contributed by atoms with E-state index in [9.17, 15) is 13.6 Å².